The third-order valence-electron chi connectivity index (χ3n) is 4.70. The molecule has 1 aromatic rings. The molecule has 1 aromatic carbocycles. The van der Waals surface area contributed by atoms with Gasteiger partial charge in [0.05, 0.1) is 5.60 Å². The van der Waals surface area contributed by atoms with E-state index in [-0.39, 0.29) is 5.60 Å². The second-order valence-corrected chi connectivity index (χ2v) is 6.87. The van der Waals surface area contributed by atoms with E-state index in [0.29, 0.717) is 0 Å². The summed E-state index contributed by atoms with van der Waals surface area (Å²) in [6, 6.07) is 10.7. The SMILES string of the molecule is CCC1CCC(CI)(OCCCc2ccccc2)CC1. The first-order chi connectivity index (χ1) is 9.78. The van der Waals surface area contributed by atoms with E-state index in [1.165, 1.54) is 37.7 Å². The Labute approximate surface area is 137 Å². The van der Waals surface area contributed by atoms with Crippen molar-refractivity contribution in [1.29, 1.82) is 0 Å². The lowest BCUT2D eigenvalue weighted by molar-refractivity contribution is -0.0596. The Kier molecular flexibility index (Phi) is 6.82. The Morgan fingerprint density at radius 3 is 2.50 bits per heavy atom. The van der Waals surface area contributed by atoms with Crippen LogP contribution in [0, 0.1) is 5.92 Å². The van der Waals surface area contributed by atoms with E-state index >= 15 is 0 Å². The van der Waals surface area contributed by atoms with E-state index in [2.05, 4.69) is 59.8 Å². The van der Waals surface area contributed by atoms with E-state index in [4.69, 9.17) is 4.74 Å². The van der Waals surface area contributed by atoms with Crippen LogP contribution >= 0.6 is 22.6 Å². The third kappa shape index (κ3) is 4.73. The standard InChI is InChI=1S/C18H27IO/c1-2-16-10-12-18(15-19,13-11-16)20-14-6-9-17-7-4-3-5-8-17/h3-5,7-8,16H,2,6,9-15H2,1H3. The molecule has 0 bridgehead atoms. The lowest BCUT2D eigenvalue weighted by Gasteiger charge is -2.39. The van der Waals surface area contributed by atoms with E-state index < -0.39 is 0 Å². The van der Waals surface area contributed by atoms with Gasteiger partial charge in [-0.05, 0) is 50.0 Å². The van der Waals surface area contributed by atoms with Gasteiger partial charge in [0, 0.05) is 11.0 Å². The monoisotopic (exact) mass is 386 g/mol. The van der Waals surface area contributed by atoms with E-state index in [1.54, 1.807) is 0 Å². The second-order valence-electron chi connectivity index (χ2n) is 6.11. The lowest BCUT2D eigenvalue weighted by atomic mass is 9.79. The van der Waals surface area contributed by atoms with Crippen LogP contribution in [-0.2, 0) is 11.2 Å². The van der Waals surface area contributed by atoms with Gasteiger partial charge in [0.15, 0.2) is 0 Å². The second kappa shape index (κ2) is 8.38. The minimum Gasteiger partial charge on any atom is -0.374 e. The Morgan fingerprint density at radius 1 is 1.20 bits per heavy atom. The maximum absolute atomic E-state index is 6.33. The maximum Gasteiger partial charge on any atom is 0.0771 e. The highest BCUT2D eigenvalue weighted by Crippen LogP contribution is 2.37. The van der Waals surface area contributed by atoms with Gasteiger partial charge in [-0.1, -0.05) is 66.3 Å². The summed E-state index contributed by atoms with van der Waals surface area (Å²) < 4.78 is 7.47. The van der Waals surface area contributed by atoms with Crippen molar-refractivity contribution in [2.45, 2.75) is 57.5 Å². The summed E-state index contributed by atoms with van der Waals surface area (Å²) in [4.78, 5) is 0. The number of benzene rings is 1. The molecule has 0 aliphatic heterocycles. The highest BCUT2D eigenvalue weighted by atomic mass is 127. The van der Waals surface area contributed by atoms with Gasteiger partial charge in [-0.3, -0.25) is 0 Å². The van der Waals surface area contributed by atoms with E-state index in [0.717, 1.165) is 29.8 Å². The predicted molar refractivity (Wildman–Crippen MR) is 94.6 cm³/mol. The molecule has 1 saturated carbocycles. The highest BCUT2D eigenvalue weighted by molar-refractivity contribution is 14.1. The molecule has 1 fully saturated rings. The molecule has 0 saturated heterocycles. The van der Waals surface area contributed by atoms with Crippen LogP contribution in [0.5, 0.6) is 0 Å². The predicted octanol–water partition coefficient (Wildman–Crippen LogP) is 5.41. The zero-order valence-corrected chi connectivity index (χ0v) is 14.8. The summed E-state index contributed by atoms with van der Waals surface area (Å²) in [7, 11) is 0. The number of halogens is 1. The fraction of sp³-hybridized carbons (Fsp3) is 0.667. The number of alkyl halides is 1. The zero-order valence-electron chi connectivity index (χ0n) is 12.6. The number of hydrogen-bond donors (Lipinski definition) is 0. The van der Waals surface area contributed by atoms with Crippen LogP contribution < -0.4 is 0 Å². The van der Waals surface area contributed by atoms with Crippen molar-refractivity contribution in [3.8, 4) is 0 Å². The zero-order chi connectivity index (χ0) is 14.3. The van der Waals surface area contributed by atoms with Gasteiger partial charge in [0.2, 0.25) is 0 Å². The first kappa shape index (κ1) is 16.3. The average Bonchev–Trinajstić information content (AvgIpc) is 2.53. The maximum atomic E-state index is 6.33. The number of rotatable bonds is 7. The summed E-state index contributed by atoms with van der Waals surface area (Å²) in [6.45, 7) is 3.23. The summed E-state index contributed by atoms with van der Waals surface area (Å²) in [5.41, 5.74) is 1.61. The van der Waals surface area contributed by atoms with Crippen molar-refractivity contribution in [3.63, 3.8) is 0 Å². The van der Waals surface area contributed by atoms with Gasteiger partial charge in [-0.2, -0.15) is 0 Å². The third-order valence-corrected chi connectivity index (χ3v) is 6.09. The van der Waals surface area contributed by atoms with Crippen molar-refractivity contribution >= 4 is 22.6 Å². The van der Waals surface area contributed by atoms with Crippen LogP contribution in [0.4, 0.5) is 0 Å². The fourth-order valence-corrected chi connectivity index (χ4v) is 4.12. The Balaban J connectivity index is 1.71. The Morgan fingerprint density at radius 2 is 1.90 bits per heavy atom. The van der Waals surface area contributed by atoms with Crippen LogP contribution in [0.25, 0.3) is 0 Å². The molecule has 1 aliphatic carbocycles. The summed E-state index contributed by atoms with van der Waals surface area (Å²) in [5.74, 6) is 0.944. The molecule has 1 nitrogen and oxygen atoms in total. The summed E-state index contributed by atoms with van der Waals surface area (Å²) in [6.07, 6.45) is 8.86. The molecule has 0 spiro atoms. The van der Waals surface area contributed by atoms with Crippen molar-refractivity contribution in [2.24, 2.45) is 5.92 Å². The molecule has 0 heterocycles. The minimum absolute atomic E-state index is 0.183. The van der Waals surface area contributed by atoms with Crippen LogP contribution in [0.15, 0.2) is 30.3 Å². The molecule has 0 N–H and O–H groups in total. The first-order valence-corrected chi connectivity index (χ1v) is 9.54. The minimum atomic E-state index is 0.183. The number of hydrogen-bond acceptors (Lipinski definition) is 1. The van der Waals surface area contributed by atoms with Crippen molar-refractivity contribution < 1.29 is 4.74 Å². The fourth-order valence-electron chi connectivity index (χ4n) is 3.14. The van der Waals surface area contributed by atoms with Crippen LogP contribution in [0.1, 0.15) is 51.0 Å². The normalized spacial score (nSPS) is 26.6. The first-order valence-electron chi connectivity index (χ1n) is 8.02. The van der Waals surface area contributed by atoms with Gasteiger partial charge in [-0.25, -0.2) is 0 Å². The molecule has 0 unspecified atom stereocenters. The van der Waals surface area contributed by atoms with Gasteiger partial charge >= 0.3 is 0 Å². The quantitative estimate of drug-likeness (QED) is 0.346. The molecular formula is C18H27IO. The Hall–Kier alpha value is -0.0900. The van der Waals surface area contributed by atoms with E-state index in [9.17, 15) is 0 Å². The number of ether oxygens (including phenoxy) is 1. The molecule has 112 valence electrons. The molecule has 1 aliphatic rings. The van der Waals surface area contributed by atoms with Crippen LogP contribution in [0.2, 0.25) is 0 Å². The Bertz CT molecular complexity index is 368. The van der Waals surface area contributed by atoms with Crippen LogP contribution in [0.3, 0.4) is 0 Å². The number of aryl methyl sites for hydroxylation is 1. The average molecular weight is 386 g/mol. The lowest BCUT2D eigenvalue weighted by Crippen LogP contribution is -2.39. The molecule has 0 aromatic heterocycles. The van der Waals surface area contributed by atoms with Gasteiger partial charge < -0.3 is 4.74 Å². The molecule has 20 heavy (non-hydrogen) atoms. The summed E-state index contributed by atoms with van der Waals surface area (Å²) in [5, 5.41) is 0. The van der Waals surface area contributed by atoms with Gasteiger partial charge in [0.25, 0.3) is 0 Å². The van der Waals surface area contributed by atoms with Crippen molar-refractivity contribution in [3.05, 3.63) is 35.9 Å². The molecule has 0 amide bonds. The topological polar surface area (TPSA) is 9.23 Å². The van der Waals surface area contributed by atoms with Gasteiger partial charge in [-0.15, -0.1) is 0 Å². The molecule has 2 heteroatoms. The molecule has 2 rings (SSSR count). The molecule has 0 radical (unpaired) electrons. The van der Waals surface area contributed by atoms with Crippen LogP contribution in [-0.4, -0.2) is 16.6 Å². The molecule has 0 atom stereocenters. The van der Waals surface area contributed by atoms with Crippen molar-refractivity contribution in [1.82, 2.24) is 0 Å². The smallest absolute Gasteiger partial charge is 0.0771 e. The highest BCUT2D eigenvalue weighted by Gasteiger charge is 2.34. The molecular weight excluding hydrogens is 359 g/mol. The summed E-state index contributed by atoms with van der Waals surface area (Å²) >= 11 is 2.52. The largest absolute Gasteiger partial charge is 0.374 e. The van der Waals surface area contributed by atoms with E-state index in [1.807, 2.05) is 0 Å². The van der Waals surface area contributed by atoms with Gasteiger partial charge in [0.1, 0.15) is 0 Å². The van der Waals surface area contributed by atoms with Crippen molar-refractivity contribution in [2.75, 3.05) is 11.0 Å².